The van der Waals surface area contributed by atoms with Crippen LogP contribution in [0, 0.1) is 12.8 Å². The average Bonchev–Trinajstić information content (AvgIpc) is 2.88. The number of carboxylic acid groups (broad SMARTS) is 1. The van der Waals surface area contributed by atoms with Gasteiger partial charge in [0.05, 0.1) is 13.0 Å². The lowest BCUT2D eigenvalue weighted by atomic mass is 9.98. The molecule has 3 aromatic rings. The van der Waals surface area contributed by atoms with Crippen molar-refractivity contribution in [3.63, 3.8) is 0 Å². The predicted molar refractivity (Wildman–Crippen MR) is 136 cm³/mol. The van der Waals surface area contributed by atoms with Gasteiger partial charge in [-0.25, -0.2) is 4.79 Å². The third kappa shape index (κ3) is 7.57. The van der Waals surface area contributed by atoms with E-state index in [9.17, 15) is 9.59 Å². The van der Waals surface area contributed by atoms with Gasteiger partial charge in [-0.05, 0) is 86.1 Å². The Bertz CT molecular complexity index is 1150. The van der Waals surface area contributed by atoms with E-state index >= 15 is 0 Å². The number of ether oxygens (including phenoxy) is 2. The van der Waals surface area contributed by atoms with Crippen LogP contribution in [0.2, 0.25) is 0 Å². The van der Waals surface area contributed by atoms with Gasteiger partial charge in [0.1, 0.15) is 11.5 Å². The zero-order valence-electron chi connectivity index (χ0n) is 20.6. The van der Waals surface area contributed by atoms with E-state index in [2.05, 4.69) is 4.98 Å². The van der Waals surface area contributed by atoms with Crippen molar-refractivity contribution >= 4 is 12.1 Å². The fraction of sp³-hybridized carbons (Fsp3) is 0.345. The highest BCUT2D eigenvalue weighted by Gasteiger charge is 2.24. The summed E-state index contributed by atoms with van der Waals surface area (Å²) in [6.45, 7) is 3.83. The van der Waals surface area contributed by atoms with E-state index in [1.165, 1.54) is 5.56 Å². The Hall–Kier alpha value is -3.87. The second-order valence-corrected chi connectivity index (χ2v) is 9.24. The molecule has 2 aromatic carbocycles. The molecule has 7 nitrogen and oxygen atoms in total. The van der Waals surface area contributed by atoms with Crippen LogP contribution in [0.3, 0.4) is 0 Å². The number of aromatic nitrogens is 1. The molecule has 0 radical (unpaired) electrons. The molecule has 1 aliphatic heterocycles. The number of aryl methyl sites for hydroxylation is 3. The highest BCUT2D eigenvalue weighted by atomic mass is 16.6. The van der Waals surface area contributed by atoms with Crippen LogP contribution >= 0.6 is 0 Å². The van der Waals surface area contributed by atoms with Crippen LogP contribution in [0.1, 0.15) is 35.4 Å². The minimum Gasteiger partial charge on any atom is -0.493 e. The van der Waals surface area contributed by atoms with Crippen molar-refractivity contribution in [1.29, 1.82) is 0 Å². The highest BCUT2D eigenvalue weighted by molar-refractivity contribution is 5.71. The summed E-state index contributed by atoms with van der Waals surface area (Å²) in [5, 5.41) is 8.86. The summed E-state index contributed by atoms with van der Waals surface area (Å²) in [7, 11) is 0. The molecule has 0 saturated carbocycles. The molecule has 1 amide bonds. The standard InChI is InChI=1S/C29H32N2O5/c1-21-3-2-4-25(30-21)10-5-22-6-13-27(14-7-22)36-29(34)31-17-15-24(16-18-31)20-35-26-11-8-23(9-12-26)19-28(32)33/h2-4,6-9,11-14,24H,5,10,15-20H2,1H3,(H,32,33). The molecule has 4 rings (SSSR count). The smallest absolute Gasteiger partial charge is 0.415 e. The van der Waals surface area contributed by atoms with Crippen molar-refractivity contribution in [2.45, 2.75) is 39.0 Å². The molecule has 36 heavy (non-hydrogen) atoms. The van der Waals surface area contributed by atoms with Gasteiger partial charge >= 0.3 is 12.1 Å². The first-order chi connectivity index (χ1) is 17.4. The molecule has 0 bridgehead atoms. The Kier molecular flexibility index (Phi) is 8.55. The minimum absolute atomic E-state index is 0.00466. The number of pyridine rings is 1. The number of amides is 1. The fourth-order valence-corrected chi connectivity index (χ4v) is 4.28. The second kappa shape index (κ2) is 12.2. The monoisotopic (exact) mass is 488 g/mol. The lowest BCUT2D eigenvalue weighted by molar-refractivity contribution is -0.136. The molecular weight excluding hydrogens is 456 g/mol. The SMILES string of the molecule is Cc1cccc(CCc2ccc(OC(=O)N3CCC(COc4ccc(CC(=O)O)cc4)CC3)cc2)n1. The lowest BCUT2D eigenvalue weighted by Crippen LogP contribution is -2.41. The first-order valence-electron chi connectivity index (χ1n) is 12.4. The van der Waals surface area contributed by atoms with Crippen molar-refractivity contribution < 1.29 is 24.2 Å². The Morgan fingerprint density at radius 1 is 0.917 bits per heavy atom. The minimum atomic E-state index is -0.849. The van der Waals surface area contributed by atoms with Crippen molar-refractivity contribution in [2.24, 2.45) is 5.92 Å². The zero-order chi connectivity index (χ0) is 25.3. The van der Waals surface area contributed by atoms with Crippen LogP contribution in [0.25, 0.3) is 0 Å². The second-order valence-electron chi connectivity index (χ2n) is 9.24. The molecule has 1 aromatic heterocycles. The molecule has 1 fully saturated rings. The van der Waals surface area contributed by atoms with Gasteiger partial charge < -0.3 is 19.5 Å². The summed E-state index contributed by atoms with van der Waals surface area (Å²) in [4.78, 5) is 29.7. The number of rotatable bonds is 9. The maximum Gasteiger partial charge on any atom is 0.415 e. The number of hydrogen-bond donors (Lipinski definition) is 1. The van der Waals surface area contributed by atoms with Gasteiger partial charge in [0, 0.05) is 24.5 Å². The van der Waals surface area contributed by atoms with E-state index < -0.39 is 5.97 Å². The molecule has 1 aliphatic rings. The number of piperidine rings is 1. The molecular formula is C29H32N2O5. The summed E-state index contributed by atoms with van der Waals surface area (Å²) < 4.78 is 11.5. The average molecular weight is 489 g/mol. The van der Waals surface area contributed by atoms with Crippen molar-refractivity contribution in [3.05, 3.63) is 89.2 Å². The Labute approximate surface area is 211 Å². The van der Waals surface area contributed by atoms with Crippen molar-refractivity contribution in [1.82, 2.24) is 9.88 Å². The summed E-state index contributed by atoms with van der Waals surface area (Å²) in [5.74, 6) is 0.784. The normalized spacial score (nSPS) is 13.9. The molecule has 0 atom stereocenters. The molecule has 0 aliphatic carbocycles. The largest absolute Gasteiger partial charge is 0.493 e. The first-order valence-corrected chi connectivity index (χ1v) is 12.4. The molecule has 0 spiro atoms. The van der Waals surface area contributed by atoms with Gasteiger partial charge in [0.15, 0.2) is 0 Å². The van der Waals surface area contributed by atoms with E-state index in [1.807, 2.05) is 49.4 Å². The molecule has 7 heteroatoms. The number of aliphatic carboxylic acids is 1. The Morgan fingerprint density at radius 3 is 2.25 bits per heavy atom. The van der Waals surface area contributed by atoms with Crippen LogP contribution in [0.5, 0.6) is 11.5 Å². The number of hydrogen-bond acceptors (Lipinski definition) is 5. The zero-order valence-corrected chi connectivity index (χ0v) is 20.6. The van der Waals surface area contributed by atoms with Crippen molar-refractivity contribution in [2.75, 3.05) is 19.7 Å². The van der Waals surface area contributed by atoms with E-state index in [0.717, 1.165) is 48.4 Å². The summed E-state index contributed by atoms with van der Waals surface area (Å²) >= 11 is 0. The number of likely N-dealkylation sites (tertiary alicyclic amines) is 1. The van der Waals surface area contributed by atoms with E-state index in [4.69, 9.17) is 14.6 Å². The van der Waals surface area contributed by atoms with Crippen LogP contribution < -0.4 is 9.47 Å². The van der Waals surface area contributed by atoms with Crippen LogP contribution in [0.4, 0.5) is 4.79 Å². The lowest BCUT2D eigenvalue weighted by Gasteiger charge is -2.31. The number of nitrogens with zero attached hydrogens (tertiary/aromatic N) is 2. The van der Waals surface area contributed by atoms with Gasteiger partial charge in [-0.1, -0.05) is 30.3 Å². The van der Waals surface area contributed by atoms with Gasteiger partial charge in [-0.2, -0.15) is 0 Å². The Morgan fingerprint density at radius 2 is 1.58 bits per heavy atom. The first kappa shape index (κ1) is 25.2. The van der Waals surface area contributed by atoms with Crippen molar-refractivity contribution in [3.8, 4) is 11.5 Å². The van der Waals surface area contributed by atoms with Crippen LogP contribution in [0.15, 0.2) is 66.7 Å². The molecule has 0 unspecified atom stereocenters. The van der Waals surface area contributed by atoms with E-state index in [1.54, 1.807) is 29.2 Å². The van der Waals surface area contributed by atoms with Gasteiger partial charge in [-0.3, -0.25) is 9.78 Å². The maximum atomic E-state index is 12.6. The molecule has 188 valence electrons. The molecule has 1 N–H and O–H groups in total. The van der Waals surface area contributed by atoms with Gasteiger partial charge in [0.25, 0.3) is 0 Å². The van der Waals surface area contributed by atoms with Gasteiger partial charge in [0.2, 0.25) is 0 Å². The Balaban J connectivity index is 1.17. The number of carbonyl (C=O) groups excluding carboxylic acids is 1. The van der Waals surface area contributed by atoms with Crippen LogP contribution in [-0.2, 0) is 24.1 Å². The number of carbonyl (C=O) groups is 2. The van der Waals surface area contributed by atoms with Crippen LogP contribution in [-0.4, -0.2) is 46.7 Å². The topological polar surface area (TPSA) is 89.0 Å². The summed E-state index contributed by atoms with van der Waals surface area (Å²) in [6, 6.07) is 20.9. The molecule has 2 heterocycles. The van der Waals surface area contributed by atoms with Gasteiger partial charge in [-0.15, -0.1) is 0 Å². The third-order valence-corrected chi connectivity index (χ3v) is 6.38. The predicted octanol–water partition coefficient (Wildman–Crippen LogP) is 5.09. The highest BCUT2D eigenvalue weighted by Crippen LogP contribution is 2.22. The summed E-state index contributed by atoms with van der Waals surface area (Å²) in [5.41, 5.74) is 4.02. The number of carboxylic acids is 1. The maximum absolute atomic E-state index is 12.6. The number of benzene rings is 2. The van der Waals surface area contributed by atoms with E-state index in [-0.39, 0.29) is 12.5 Å². The quantitative estimate of drug-likeness (QED) is 0.451. The fourth-order valence-electron chi connectivity index (χ4n) is 4.28. The third-order valence-electron chi connectivity index (χ3n) is 6.38. The van der Waals surface area contributed by atoms with E-state index in [0.29, 0.717) is 31.4 Å². The summed E-state index contributed by atoms with van der Waals surface area (Å²) in [6.07, 6.45) is 3.13. The molecule has 1 saturated heterocycles.